The van der Waals surface area contributed by atoms with Gasteiger partial charge in [-0.3, -0.25) is 9.59 Å². The Hall–Kier alpha value is -0.100. The number of alkyl halides is 2. The van der Waals surface area contributed by atoms with Gasteiger partial charge in [0.25, 0.3) is 0 Å². The minimum atomic E-state index is -0.164. The van der Waals surface area contributed by atoms with E-state index in [-0.39, 0.29) is 33.8 Å². The molecule has 0 saturated heterocycles. The molecule has 0 spiro atoms. The highest BCUT2D eigenvalue weighted by Crippen LogP contribution is 2.25. The van der Waals surface area contributed by atoms with Crippen molar-refractivity contribution in [2.24, 2.45) is 0 Å². The molecule has 1 rings (SSSR count). The average molecular weight is 414 g/mol. The molecule has 0 radical (unpaired) electrons. The molecule has 0 aliphatic heterocycles. The maximum atomic E-state index is 11.6. The van der Waals surface area contributed by atoms with Gasteiger partial charge in [0.05, 0.1) is 12.8 Å². The van der Waals surface area contributed by atoms with Crippen LogP contribution in [0.5, 0.6) is 0 Å². The third kappa shape index (κ3) is 7.62. The van der Waals surface area contributed by atoms with Gasteiger partial charge in [-0.05, 0) is 25.7 Å². The Bertz CT molecular complexity index is 291. The molecule has 0 aromatic rings. The first-order chi connectivity index (χ1) is 9.36. The Kier molecular flexibility index (Phi) is 8.10. The zero-order valence-corrected chi connectivity index (χ0v) is 15.1. The van der Waals surface area contributed by atoms with E-state index in [1.165, 1.54) is 0 Å². The molecule has 6 heteroatoms. The van der Waals surface area contributed by atoms with Crippen molar-refractivity contribution < 1.29 is 19.1 Å². The fourth-order valence-electron chi connectivity index (χ4n) is 2.20. The molecule has 0 aromatic heterocycles. The lowest BCUT2D eigenvalue weighted by Gasteiger charge is -2.28. The highest BCUT2D eigenvalue weighted by atomic mass is 79.9. The van der Waals surface area contributed by atoms with Crippen LogP contribution in [0.15, 0.2) is 0 Å². The Balaban J connectivity index is 2.23. The molecule has 4 nitrogen and oxygen atoms in total. The number of carbonyl (C=O) groups excluding carboxylic acids is 2. The van der Waals surface area contributed by atoms with E-state index in [4.69, 9.17) is 9.47 Å². The Labute approximate surface area is 137 Å². The summed E-state index contributed by atoms with van der Waals surface area (Å²) >= 11 is 6.67. The van der Waals surface area contributed by atoms with E-state index in [9.17, 15) is 9.59 Å². The summed E-state index contributed by atoms with van der Waals surface area (Å²) in [6.45, 7) is 3.84. The summed E-state index contributed by atoms with van der Waals surface area (Å²) in [6.07, 6.45) is 3.79. The van der Waals surface area contributed by atoms with Gasteiger partial charge in [0.15, 0.2) is 0 Å². The summed E-state index contributed by atoms with van der Waals surface area (Å²) in [5.41, 5.74) is 0. The fraction of sp³-hybridized carbons (Fsp3) is 0.857. The van der Waals surface area contributed by atoms with Crippen molar-refractivity contribution in [1.82, 2.24) is 0 Å². The highest BCUT2D eigenvalue weighted by Gasteiger charge is 2.26. The van der Waals surface area contributed by atoms with Crippen LogP contribution < -0.4 is 0 Å². The van der Waals surface area contributed by atoms with Crippen molar-refractivity contribution in [3.05, 3.63) is 0 Å². The van der Waals surface area contributed by atoms with E-state index in [0.717, 1.165) is 25.7 Å². The van der Waals surface area contributed by atoms with E-state index < -0.39 is 0 Å². The Morgan fingerprint density at radius 3 is 1.45 bits per heavy atom. The number of halogens is 2. The molecular weight excluding hydrogens is 392 g/mol. The molecule has 1 aliphatic carbocycles. The molecule has 0 aromatic carbocycles. The number of rotatable bonds is 6. The molecule has 116 valence electrons. The largest absolute Gasteiger partial charge is 0.462 e. The van der Waals surface area contributed by atoms with Crippen LogP contribution in [0.25, 0.3) is 0 Å². The molecule has 2 unspecified atom stereocenters. The highest BCUT2D eigenvalue weighted by molar-refractivity contribution is 9.09. The summed E-state index contributed by atoms with van der Waals surface area (Å²) < 4.78 is 10.8. The molecule has 0 heterocycles. The van der Waals surface area contributed by atoms with Crippen LogP contribution in [0.4, 0.5) is 0 Å². The SMILES string of the molecule is CC(Br)CC(=O)OC1CCC(OC(=O)CC(C)Br)CC1. The summed E-state index contributed by atoms with van der Waals surface area (Å²) in [5, 5.41) is 0. The van der Waals surface area contributed by atoms with Crippen molar-refractivity contribution in [2.75, 3.05) is 0 Å². The summed E-state index contributed by atoms with van der Waals surface area (Å²) in [7, 11) is 0. The van der Waals surface area contributed by atoms with Gasteiger partial charge in [-0.2, -0.15) is 0 Å². The monoisotopic (exact) mass is 412 g/mol. The van der Waals surface area contributed by atoms with Gasteiger partial charge in [0.2, 0.25) is 0 Å². The standard InChI is InChI=1S/C14H22Br2O4/c1-9(15)7-13(17)19-11-3-5-12(6-4-11)20-14(18)8-10(2)16/h9-12H,3-8H2,1-2H3. The second kappa shape index (κ2) is 9.03. The lowest BCUT2D eigenvalue weighted by atomic mass is 9.95. The van der Waals surface area contributed by atoms with Gasteiger partial charge < -0.3 is 9.47 Å². The normalized spacial score (nSPS) is 25.6. The minimum absolute atomic E-state index is 0.0289. The lowest BCUT2D eigenvalue weighted by molar-refractivity contribution is -0.158. The number of hydrogen-bond acceptors (Lipinski definition) is 4. The predicted molar refractivity (Wildman–Crippen MR) is 84.2 cm³/mol. The number of ether oxygens (including phenoxy) is 2. The molecule has 0 N–H and O–H groups in total. The summed E-state index contributed by atoms with van der Waals surface area (Å²) in [4.78, 5) is 23.4. The molecule has 20 heavy (non-hydrogen) atoms. The summed E-state index contributed by atoms with van der Waals surface area (Å²) in [5.74, 6) is -0.328. The van der Waals surface area contributed by atoms with Crippen molar-refractivity contribution in [3.63, 3.8) is 0 Å². The van der Waals surface area contributed by atoms with Gasteiger partial charge in [-0.1, -0.05) is 45.7 Å². The van der Waals surface area contributed by atoms with Gasteiger partial charge in [-0.25, -0.2) is 0 Å². The van der Waals surface area contributed by atoms with Crippen LogP contribution in [-0.2, 0) is 19.1 Å². The molecule has 1 saturated carbocycles. The van der Waals surface area contributed by atoms with E-state index in [0.29, 0.717) is 12.8 Å². The van der Waals surface area contributed by atoms with Crippen LogP contribution in [0.3, 0.4) is 0 Å². The Morgan fingerprint density at radius 1 is 0.900 bits per heavy atom. The average Bonchev–Trinajstić information content (AvgIpc) is 2.29. The lowest BCUT2D eigenvalue weighted by Crippen LogP contribution is -2.30. The van der Waals surface area contributed by atoms with E-state index in [2.05, 4.69) is 31.9 Å². The van der Waals surface area contributed by atoms with Crippen LogP contribution in [0.1, 0.15) is 52.4 Å². The first-order valence-electron chi connectivity index (χ1n) is 7.04. The van der Waals surface area contributed by atoms with E-state index >= 15 is 0 Å². The summed E-state index contributed by atoms with van der Waals surface area (Å²) in [6, 6.07) is 0. The van der Waals surface area contributed by atoms with Crippen molar-refractivity contribution in [1.29, 1.82) is 0 Å². The van der Waals surface area contributed by atoms with Crippen molar-refractivity contribution in [2.45, 2.75) is 74.2 Å². The number of hydrogen-bond donors (Lipinski definition) is 0. The van der Waals surface area contributed by atoms with Gasteiger partial charge >= 0.3 is 11.9 Å². The first kappa shape index (κ1) is 18.0. The van der Waals surface area contributed by atoms with Gasteiger partial charge in [0.1, 0.15) is 12.2 Å². The minimum Gasteiger partial charge on any atom is -0.462 e. The van der Waals surface area contributed by atoms with Gasteiger partial charge in [0, 0.05) is 9.65 Å². The molecule has 1 fully saturated rings. The van der Waals surface area contributed by atoms with E-state index in [1.54, 1.807) is 0 Å². The maximum Gasteiger partial charge on any atom is 0.307 e. The zero-order chi connectivity index (χ0) is 15.1. The molecule has 1 aliphatic rings. The number of esters is 2. The van der Waals surface area contributed by atoms with Crippen LogP contribution >= 0.6 is 31.9 Å². The second-order valence-corrected chi connectivity index (χ2v) is 8.47. The molecule has 0 amide bonds. The first-order valence-corrected chi connectivity index (χ1v) is 8.87. The smallest absolute Gasteiger partial charge is 0.307 e. The topological polar surface area (TPSA) is 52.6 Å². The van der Waals surface area contributed by atoms with Crippen LogP contribution in [0, 0.1) is 0 Å². The van der Waals surface area contributed by atoms with Crippen LogP contribution in [0.2, 0.25) is 0 Å². The third-order valence-corrected chi connectivity index (χ3v) is 3.76. The third-order valence-electron chi connectivity index (χ3n) is 3.11. The second-order valence-electron chi connectivity index (χ2n) is 5.35. The van der Waals surface area contributed by atoms with Crippen LogP contribution in [-0.4, -0.2) is 33.8 Å². The van der Waals surface area contributed by atoms with E-state index in [1.807, 2.05) is 13.8 Å². The quantitative estimate of drug-likeness (QED) is 0.491. The zero-order valence-electron chi connectivity index (χ0n) is 11.9. The maximum absolute atomic E-state index is 11.6. The Morgan fingerprint density at radius 2 is 1.20 bits per heavy atom. The number of carbonyl (C=O) groups is 2. The van der Waals surface area contributed by atoms with Gasteiger partial charge in [-0.15, -0.1) is 0 Å². The van der Waals surface area contributed by atoms with Crippen molar-refractivity contribution in [3.8, 4) is 0 Å². The molecular formula is C14H22Br2O4. The van der Waals surface area contributed by atoms with Crippen molar-refractivity contribution >= 4 is 43.8 Å². The predicted octanol–water partition coefficient (Wildman–Crippen LogP) is 3.73. The molecule has 2 atom stereocenters. The molecule has 0 bridgehead atoms. The fourth-order valence-corrected chi connectivity index (χ4v) is 2.72.